The van der Waals surface area contributed by atoms with Gasteiger partial charge in [0, 0.05) is 24.2 Å². The summed E-state index contributed by atoms with van der Waals surface area (Å²) in [7, 11) is 0. The summed E-state index contributed by atoms with van der Waals surface area (Å²) in [6.07, 6.45) is 0.0997. The molecule has 142 valence electrons. The monoisotopic (exact) mass is 388 g/mol. The summed E-state index contributed by atoms with van der Waals surface area (Å²) in [5.41, 5.74) is 7.29. The molecule has 2 aromatic carbocycles. The maximum atomic E-state index is 12.3. The molecule has 0 aliphatic heterocycles. The predicted octanol–water partition coefficient (Wildman–Crippen LogP) is 2.71. The second kappa shape index (κ2) is 9.59. The number of halogens is 1. The van der Waals surface area contributed by atoms with Crippen LogP contribution < -0.4 is 21.7 Å². The standard InChI is InChI=1S/C19H21ClN4O3/c1-12(25)23-17(14-4-6-15(20)7-5-14)10-18(26)22-11-13-2-8-16(9-3-13)24-19(21)27/h2-9,17H,10-11H2,1H3,(H,22,26)(H,23,25)(H3,21,24,27). The van der Waals surface area contributed by atoms with Crippen molar-refractivity contribution in [2.45, 2.75) is 25.9 Å². The molecule has 0 saturated carbocycles. The fourth-order valence-corrected chi connectivity index (χ4v) is 2.63. The van der Waals surface area contributed by atoms with Crippen LogP contribution in [0.4, 0.5) is 10.5 Å². The van der Waals surface area contributed by atoms with Crippen molar-refractivity contribution in [2.75, 3.05) is 5.32 Å². The Morgan fingerprint density at radius 3 is 2.22 bits per heavy atom. The number of anilines is 1. The van der Waals surface area contributed by atoms with Crippen LogP contribution in [0, 0.1) is 0 Å². The Morgan fingerprint density at radius 1 is 1.04 bits per heavy atom. The van der Waals surface area contributed by atoms with Crippen molar-refractivity contribution in [3.63, 3.8) is 0 Å². The quantitative estimate of drug-likeness (QED) is 0.584. The maximum absolute atomic E-state index is 12.3. The number of rotatable bonds is 7. The van der Waals surface area contributed by atoms with Crippen molar-refractivity contribution < 1.29 is 14.4 Å². The molecule has 5 N–H and O–H groups in total. The molecule has 0 radical (unpaired) electrons. The number of hydrogen-bond acceptors (Lipinski definition) is 3. The van der Waals surface area contributed by atoms with Crippen LogP contribution in [-0.4, -0.2) is 17.8 Å². The van der Waals surface area contributed by atoms with E-state index >= 15 is 0 Å². The first-order chi connectivity index (χ1) is 12.8. The molecular weight excluding hydrogens is 368 g/mol. The van der Waals surface area contributed by atoms with E-state index in [1.165, 1.54) is 6.92 Å². The highest BCUT2D eigenvalue weighted by Crippen LogP contribution is 2.19. The summed E-state index contributed by atoms with van der Waals surface area (Å²) in [5, 5.41) is 8.64. The molecule has 8 heteroatoms. The zero-order valence-electron chi connectivity index (χ0n) is 14.8. The minimum Gasteiger partial charge on any atom is -0.352 e. The molecular formula is C19H21ClN4O3. The molecule has 1 atom stereocenters. The van der Waals surface area contributed by atoms with Gasteiger partial charge in [0.2, 0.25) is 11.8 Å². The van der Waals surface area contributed by atoms with E-state index in [0.29, 0.717) is 17.3 Å². The van der Waals surface area contributed by atoms with Gasteiger partial charge in [-0.3, -0.25) is 9.59 Å². The van der Waals surface area contributed by atoms with Crippen molar-refractivity contribution >= 4 is 35.1 Å². The molecule has 0 aliphatic carbocycles. The zero-order valence-corrected chi connectivity index (χ0v) is 15.5. The van der Waals surface area contributed by atoms with E-state index in [9.17, 15) is 14.4 Å². The van der Waals surface area contributed by atoms with Gasteiger partial charge in [-0.05, 0) is 35.4 Å². The van der Waals surface area contributed by atoms with Crippen LogP contribution in [-0.2, 0) is 16.1 Å². The van der Waals surface area contributed by atoms with Gasteiger partial charge in [-0.2, -0.15) is 0 Å². The van der Waals surface area contributed by atoms with E-state index in [4.69, 9.17) is 17.3 Å². The zero-order chi connectivity index (χ0) is 19.8. The van der Waals surface area contributed by atoms with E-state index in [2.05, 4.69) is 16.0 Å². The summed E-state index contributed by atoms with van der Waals surface area (Å²) in [6, 6.07) is 12.8. The fraction of sp³-hybridized carbons (Fsp3) is 0.211. The van der Waals surface area contributed by atoms with Gasteiger partial charge in [0.15, 0.2) is 0 Å². The van der Waals surface area contributed by atoms with Gasteiger partial charge in [0.05, 0.1) is 12.5 Å². The highest BCUT2D eigenvalue weighted by Gasteiger charge is 2.17. The summed E-state index contributed by atoms with van der Waals surface area (Å²) >= 11 is 5.89. The van der Waals surface area contributed by atoms with Gasteiger partial charge in [0.1, 0.15) is 0 Å². The first-order valence-electron chi connectivity index (χ1n) is 8.28. The summed E-state index contributed by atoms with van der Waals surface area (Å²) in [5.74, 6) is -0.427. The molecule has 0 fully saturated rings. The van der Waals surface area contributed by atoms with Crippen LogP contribution in [0.2, 0.25) is 5.02 Å². The minimum atomic E-state index is -0.637. The molecule has 27 heavy (non-hydrogen) atoms. The third-order valence-corrected chi connectivity index (χ3v) is 4.00. The number of hydrogen-bond donors (Lipinski definition) is 4. The number of amides is 4. The Bertz CT molecular complexity index is 807. The van der Waals surface area contributed by atoms with Crippen molar-refractivity contribution in [3.8, 4) is 0 Å². The first-order valence-corrected chi connectivity index (χ1v) is 8.66. The molecule has 2 aromatic rings. The molecule has 0 saturated heterocycles. The van der Waals surface area contributed by atoms with Crippen LogP contribution in [0.5, 0.6) is 0 Å². The number of nitrogens with one attached hydrogen (secondary N) is 3. The molecule has 2 rings (SSSR count). The smallest absolute Gasteiger partial charge is 0.316 e. The average Bonchev–Trinajstić information content (AvgIpc) is 2.60. The lowest BCUT2D eigenvalue weighted by atomic mass is 10.0. The van der Waals surface area contributed by atoms with Crippen molar-refractivity contribution in [1.29, 1.82) is 0 Å². The third kappa shape index (κ3) is 6.99. The lowest BCUT2D eigenvalue weighted by Gasteiger charge is -2.18. The van der Waals surface area contributed by atoms with Crippen LogP contribution >= 0.6 is 11.6 Å². The van der Waals surface area contributed by atoms with Gasteiger partial charge in [-0.25, -0.2) is 4.79 Å². The number of carbonyl (C=O) groups excluding carboxylic acids is 3. The highest BCUT2D eigenvalue weighted by atomic mass is 35.5. The molecule has 4 amide bonds. The molecule has 0 aromatic heterocycles. The average molecular weight is 389 g/mol. The van der Waals surface area contributed by atoms with Crippen molar-refractivity contribution in [2.24, 2.45) is 5.73 Å². The third-order valence-electron chi connectivity index (χ3n) is 3.75. The van der Waals surface area contributed by atoms with E-state index in [0.717, 1.165) is 11.1 Å². The lowest BCUT2D eigenvalue weighted by Crippen LogP contribution is -2.32. The fourth-order valence-electron chi connectivity index (χ4n) is 2.50. The summed E-state index contributed by atoms with van der Waals surface area (Å²) in [4.78, 5) is 34.6. The van der Waals surface area contributed by atoms with Gasteiger partial charge in [-0.1, -0.05) is 35.9 Å². The van der Waals surface area contributed by atoms with Crippen molar-refractivity contribution in [3.05, 3.63) is 64.7 Å². The van der Waals surface area contributed by atoms with Crippen LogP contribution in [0.15, 0.2) is 48.5 Å². The molecule has 7 nitrogen and oxygen atoms in total. The number of benzene rings is 2. The number of nitrogens with two attached hydrogens (primary N) is 1. The van der Waals surface area contributed by atoms with Gasteiger partial charge in [0.25, 0.3) is 0 Å². The Labute approximate surface area is 162 Å². The first kappa shape index (κ1) is 20.3. The number of urea groups is 1. The second-order valence-electron chi connectivity index (χ2n) is 5.97. The van der Waals surface area contributed by atoms with Gasteiger partial charge >= 0.3 is 6.03 Å². The topological polar surface area (TPSA) is 113 Å². The molecule has 0 spiro atoms. The van der Waals surface area contributed by atoms with E-state index < -0.39 is 12.1 Å². The maximum Gasteiger partial charge on any atom is 0.316 e. The Balaban J connectivity index is 1.94. The second-order valence-corrected chi connectivity index (χ2v) is 6.41. The largest absolute Gasteiger partial charge is 0.352 e. The summed E-state index contributed by atoms with van der Waals surface area (Å²) in [6.45, 7) is 1.73. The van der Waals surface area contributed by atoms with Gasteiger partial charge < -0.3 is 21.7 Å². The van der Waals surface area contributed by atoms with Crippen molar-refractivity contribution in [1.82, 2.24) is 10.6 Å². The highest BCUT2D eigenvalue weighted by molar-refractivity contribution is 6.30. The number of primary amides is 1. The molecule has 0 heterocycles. The van der Waals surface area contributed by atoms with E-state index in [1.54, 1.807) is 48.5 Å². The van der Waals surface area contributed by atoms with Crippen LogP contribution in [0.1, 0.15) is 30.5 Å². The summed E-state index contributed by atoms with van der Waals surface area (Å²) < 4.78 is 0. The Kier molecular flexibility index (Phi) is 7.19. The van der Waals surface area contributed by atoms with Crippen LogP contribution in [0.3, 0.4) is 0 Å². The molecule has 1 unspecified atom stereocenters. The Hall–Kier alpha value is -3.06. The minimum absolute atomic E-state index is 0.0997. The molecule has 0 bridgehead atoms. The lowest BCUT2D eigenvalue weighted by molar-refractivity contribution is -0.122. The van der Waals surface area contributed by atoms with Gasteiger partial charge in [-0.15, -0.1) is 0 Å². The Morgan fingerprint density at radius 2 is 1.67 bits per heavy atom. The predicted molar refractivity (Wildman–Crippen MR) is 104 cm³/mol. The SMILES string of the molecule is CC(=O)NC(CC(=O)NCc1ccc(NC(N)=O)cc1)c1ccc(Cl)cc1. The number of carbonyl (C=O) groups is 3. The van der Waals surface area contributed by atoms with E-state index in [1.807, 2.05) is 0 Å². The van der Waals surface area contributed by atoms with Crippen LogP contribution in [0.25, 0.3) is 0 Å². The molecule has 0 aliphatic rings. The van der Waals surface area contributed by atoms with E-state index in [-0.39, 0.29) is 18.2 Å². The normalized spacial score (nSPS) is 11.3.